The lowest BCUT2D eigenvalue weighted by Gasteiger charge is -2.38. The molecule has 0 aromatic heterocycles. The van der Waals surface area contributed by atoms with E-state index in [1.807, 2.05) is 24.3 Å². The number of carbonyl (C=O) groups excluding carboxylic acids is 2. The molecular formula is C21H16N2O5S. The third-order valence-electron chi connectivity index (χ3n) is 5.13. The van der Waals surface area contributed by atoms with Gasteiger partial charge in [0.1, 0.15) is 11.3 Å². The lowest BCUT2D eigenvalue weighted by atomic mass is 9.72. The lowest BCUT2D eigenvalue weighted by Crippen LogP contribution is -2.46. The number of amides is 1. The molecule has 0 fully saturated rings. The first kappa shape index (κ1) is 17.7. The molecule has 1 unspecified atom stereocenters. The second-order valence-electron chi connectivity index (χ2n) is 6.63. The summed E-state index contributed by atoms with van der Waals surface area (Å²) in [4.78, 5) is 26.9. The number of carbonyl (C=O) groups is 2. The molecule has 0 bridgehead atoms. The van der Waals surface area contributed by atoms with Crippen molar-refractivity contribution in [3.05, 3.63) is 76.0 Å². The van der Waals surface area contributed by atoms with E-state index in [0.29, 0.717) is 33.2 Å². The maximum Gasteiger partial charge on any atom is 0.341 e. The number of esters is 1. The van der Waals surface area contributed by atoms with Crippen LogP contribution in [-0.2, 0) is 24.5 Å². The molecule has 2 aromatic rings. The van der Waals surface area contributed by atoms with E-state index in [9.17, 15) is 9.59 Å². The zero-order valence-corrected chi connectivity index (χ0v) is 16.2. The van der Waals surface area contributed by atoms with Crippen LogP contribution in [0.5, 0.6) is 5.75 Å². The average Bonchev–Trinajstić information content (AvgIpc) is 3.00. The number of hydrogen-bond donors (Lipinski definition) is 2. The summed E-state index contributed by atoms with van der Waals surface area (Å²) < 4.78 is 17.0. The van der Waals surface area contributed by atoms with Gasteiger partial charge in [0.05, 0.1) is 29.1 Å². The summed E-state index contributed by atoms with van der Waals surface area (Å²) in [7, 11) is 0. The van der Waals surface area contributed by atoms with Crippen molar-refractivity contribution in [2.75, 3.05) is 11.9 Å². The number of ether oxygens (including phenoxy) is 2. The van der Waals surface area contributed by atoms with Crippen molar-refractivity contribution in [3.63, 3.8) is 0 Å². The summed E-state index contributed by atoms with van der Waals surface area (Å²) in [5.74, 6) is -0.287. The van der Waals surface area contributed by atoms with Gasteiger partial charge in [0.2, 0.25) is 11.8 Å². The average molecular weight is 408 g/mol. The first-order valence-corrected chi connectivity index (χ1v) is 9.78. The molecule has 7 nitrogen and oxygen atoms in total. The number of nitrogens with one attached hydrogen (secondary N) is 1. The van der Waals surface area contributed by atoms with Crippen LogP contribution in [0.2, 0.25) is 0 Å². The van der Waals surface area contributed by atoms with Crippen LogP contribution < -0.4 is 15.2 Å². The van der Waals surface area contributed by atoms with Gasteiger partial charge in [-0.15, -0.1) is 0 Å². The number of rotatable bonds is 2. The van der Waals surface area contributed by atoms with Crippen LogP contribution in [0.1, 0.15) is 18.1 Å². The SMILES string of the molecule is CCOC(=O)C1=C(N)OC2=C(SOc3ccccc32)C12C(=O)Nc1ccccc12. The summed E-state index contributed by atoms with van der Waals surface area (Å²) in [5, 5.41) is 2.87. The minimum atomic E-state index is -1.52. The molecule has 3 N–H and O–H groups in total. The molecule has 0 radical (unpaired) electrons. The summed E-state index contributed by atoms with van der Waals surface area (Å²) in [6, 6.07) is 14.5. The van der Waals surface area contributed by atoms with E-state index in [4.69, 9.17) is 19.4 Å². The third-order valence-corrected chi connectivity index (χ3v) is 6.05. The van der Waals surface area contributed by atoms with Gasteiger partial charge in [-0.1, -0.05) is 30.3 Å². The number of nitrogens with two attached hydrogens (primary N) is 1. The molecule has 1 amide bonds. The Bertz CT molecular complexity index is 1140. The van der Waals surface area contributed by atoms with E-state index < -0.39 is 17.3 Å². The van der Waals surface area contributed by atoms with Gasteiger partial charge in [-0.2, -0.15) is 0 Å². The fraction of sp³-hybridized carbons (Fsp3) is 0.143. The van der Waals surface area contributed by atoms with Crippen molar-refractivity contribution in [1.29, 1.82) is 0 Å². The van der Waals surface area contributed by atoms with E-state index in [1.54, 1.807) is 31.2 Å². The first-order valence-electron chi connectivity index (χ1n) is 9.03. The van der Waals surface area contributed by atoms with E-state index in [2.05, 4.69) is 5.32 Å². The number of benzene rings is 2. The van der Waals surface area contributed by atoms with Crippen LogP contribution in [-0.4, -0.2) is 18.5 Å². The van der Waals surface area contributed by atoms with Gasteiger partial charge in [0, 0.05) is 11.3 Å². The second kappa shape index (κ2) is 6.31. The highest BCUT2D eigenvalue weighted by molar-refractivity contribution is 7.99. The van der Waals surface area contributed by atoms with Crippen LogP contribution in [0.25, 0.3) is 5.76 Å². The minimum Gasteiger partial charge on any atom is -0.462 e. The van der Waals surface area contributed by atoms with Crippen LogP contribution in [0, 0.1) is 0 Å². The van der Waals surface area contributed by atoms with E-state index >= 15 is 0 Å². The van der Waals surface area contributed by atoms with Crippen LogP contribution in [0.3, 0.4) is 0 Å². The van der Waals surface area contributed by atoms with Gasteiger partial charge in [-0.05, 0) is 25.1 Å². The molecular weight excluding hydrogens is 392 g/mol. The molecule has 2 aromatic carbocycles. The summed E-state index contributed by atoms with van der Waals surface area (Å²) >= 11 is 0.991. The lowest BCUT2D eigenvalue weighted by molar-refractivity contribution is -0.140. The molecule has 0 saturated heterocycles. The molecule has 8 heteroatoms. The third kappa shape index (κ3) is 2.26. The van der Waals surface area contributed by atoms with Gasteiger partial charge in [0.15, 0.2) is 11.2 Å². The van der Waals surface area contributed by atoms with Gasteiger partial charge in [-0.3, -0.25) is 4.79 Å². The molecule has 0 saturated carbocycles. The molecule has 5 rings (SSSR count). The molecule has 146 valence electrons. The molecule has 1 atom stereocenters. The Morgan fingerprint density at radius 3 is 2.79 bits per heavy atom. The van der Waals surface area contributed by atoms with E-state index in [-0.39, 0.29) is 18.1 Å². The van der Waals surface area contributed by atoms with Crippen molar-refractivity contribution in [2.45, 2.75) is 12.3 Å². The fourth-order valence-corrected chi connectivity index (χ4v) is 4.93. The van der Waals surface area contributed by atoms with Crippen LogP contribution in [0.4, 0.5) is 5.69 Å². The Kier molecular flexibility index (Phi) is 3.85. The van der Waals surface area contributed by atoms with Gasteiger partial charge >= 0.3 is 5.97 Å². The monoisotopic (exact) mass is 408 g/mol. The number of para-hydroxylation sites is 2. The predicted octanol–water partition coefficient (Wildman–Crippen LogP) is 3.05. The highest BCUT2D eigenvalue weighted by atomic mass is 32.2. The fourth-order valence-electron chi connectivity index (χ4n) is 3.96. The van der Waals surface area contributed by atoms with E-state index in [1.165, 1.54) is 0 Å². The summed E-state index contributed by atoms with van der Waals surface area (Å²) in [5.41, 5.74) is 6.53. The minimum absolute atomic E-state index is 0.0453. The van der Waals surface area contributed by atoms with E-state index in [0.717, 1.165) is 12.0 Å². The Balaban J connectivity index is 1.85. The second-order valence-corrected chi connectivity index (χ2v) is 7.37. The van der Waals surface area contributed by atoms with Gasteiger partial charge in [-0.25, -0.2) is 4.79 Å². The smallest absolute Gasteiger partial charge is 0.341 e. The van der Waals surface area contributed by atoms with Crippen molar-refractivity contribution in [3.8, 4) is 5.75 Å². The molecule has 3 aliphatic rings. The Morgan fingerprint density at radius 1 is 1.21 bits per heavy atom. The standard InChI is InChI=1S/C21H16N2O5S/c1-2-26-19(24)15-18(22)27-16-11-7-3-6-10-14(11)28-29-17(16)21(15)12-8-4-5-9-13(12)23-20(21)25/h3-10H,2,22H2,1H3,(H,23,25). The Morgan fingerprint density at radius 2 is 1.97 bits per heavy atom. The van der Waals surface area contributed by atoms with Crippen molar-refractivity contribution in [1.82, 2.24) is 0 Å². The molecule has 0 aliphatic carbocycles. The quantitative estimate of drug-likeness (QED) is 0.582. The topological polar surface area (TPSA) is 99.9 Å². The van der Waals surface area contributed by atoms with Gasteiger partial charge < -0.3 is 24.7 Å². The van der Waals surface area contributed by atoms with Crippen LogP contribution >= 0.6 is 12.0 Å². The highest BCUT2D eigenvalue weighted by Crippen LogP contribution is 2.59. The predicted molar refractivity (Wildman–Crippen MR) is 107 cm³/mol. The normalized spacial score (nSPS) is 21.6. The molecule has 3 heterocycles. The van der Waals surface area contributed by atoms with Crippen molar-refractivity contribution >= 4 is 35.4 Å². The first-order chi connectivity index (χ1) is 14.1. The zero-order chi connectivity index (χ0) is 20.2. The summed E-state index contributed by atoms with van der Waals surface area (Å²) in [6.07, 6.45) is 0. The van der Waals surface area contributed by atoms with Crippen molar-refractivity contribution < 1.29 is 23.2 Å². The van der Waals surface area contributed by atoms with Crippen LogP contribution in [0.15, 0.2) is 64.9 Å². The Labute approximate surface area is 170 Å². The number of hydrogen-bond acceptors (Lipinski definition) is 7. The maximum absolute atomic E-state index is 13.5. The summed E-state index contributed by atoms with van der Waals surface area (Å²) in [6.45, 7) is 1.82. The zero-order valence-electron chi connectivity index (χ0n) is 15.4. The largest absolute Gasteiger partial charge is 0.462 e. The van der Waals surface area contributed by atoms with Gasteiger partial charge in [0.25, 0.3) is 0 Å². The van der Waals surface area contributed by atoms with Crippen molar-refractivity contribution in [2.24, 2.45) is 5.73 Å². The maximum atomic E-state index is 13.5. The number of fused-ring (bicyclic) bond motifs is 5. The molecule has 29 heavy (non-hydrogen) atoms. The Hall–Kier alpha value is -3.39. The number of anilines is 1. The molecule has 1 spiro atoms. The highest BCUT2D eigenvalue weighted by Gasteiger charge is 2.61. The molecule has 3 aliphatic heterocycles.